The fourth-order valence-electron chi connectivity index (χ4n) is 2.31. The summed E-state index contributed by atoms with van der Waals surface area (Å²) < 4.78 is 4.77. The largest absolute Gasteiger partial charge is 0.466 e. The minimum atomic E-state index is -0.401. The molecule has 1 rings (SSSR count). The van der Waals surface area contributed by atoms with E-state index in [0.29, 0.717) is 19.1 Å². The Balaban J connectivity index is 2.28. The fraction of sp³-hybridized carbons (Fsp3) is 0.846. The van der Waals surface area contributed by atoms with Crippen LogP contribution in [0, 0.1) is 5.92 Å². The second-order valence-corrected chi connectivity index (χ2v) is 4.67. The lowest BCUT2D eigenvalue weighted by atomic mass is 9.95. The lowest BCUT2D eigenvalue weighted by molar-refractivity contribution is -0.145. The molecule has 0 radical (unpaired) electrons. The van der Waals surface area contributed by atoms with Gasteiger partial charge < -0.3 is 4.74 Å². The number of piperidine rings is 1. The van der Waals surface area contributed by atoms with Crippen molar-refractivity contribution in [3.8, 4) is 0 Å². The predicted molar refractivity (Wildman–Crippen MR) is 65.7 cm³/mol. The van der Waals surface area contributed by atoms with Crippen LogP contribution in [0.25, 0.3) is 0 Å². The summed E-state index contributed by atoms with van der Waals surface area (Å²) in [7, 11) is 0. The molecule has 0 saturated carbocycles. The number of hydrogen-bond donors (Lipinski definition) is 0. The van der Waals surface area contributed by atoms with Crippen LogP contribution in [0.3, 0.4) is 0 Å². The van der Waals surface area contributed by atoms with Gasteiger partial charge in [0, 0.05) is 6.54 Å². The van der Waals surface area contributed by atoms with Crippen molar-refractivity contribution in [3.63, 3.8) is 0 Å². The van der Waals surface area contributed by atoms with Gasteiger partial charge in [0.15, 0.2) is 5.78 Å². The Morgan fingerprint density at radius 2 is 2.12 bits per heavy atom. The van der Waals surface area contributed by atoms with Gasteiger partial charge in [-0.25, -0.2) is 0 Å². The van der Waals surface area contributed by atoms with E-state index in [1.807, 2.05) is 0 Å². The minimum absolute atomic E-state index is 0.0276. The molecule has 0 aromatic rings. The zero-order valence-electron chi connectivity index (χ0n) is 10.9. The second kappa shape index (κ2) is 7.43. The molecule has 0 aromatic carbocycles. The van der Waals surface area contributed by atoms with E-state index < -0.39 is 5.97 Å². The molecule has 98 valence electrons. The summed E-state index contributed by atoms with van der Waals surface area (Å²) >= 11 is 0. The van der Waals surface area contributed by atoms with Crippen molar-refractivity contribution >= 4 is 11.8 Å². The van der Waals surface area contributed by atoms with Crippen LogP contribution >= 0.6 is 0 Å². The van der Waals surface area contributed by atoms with Gasteiger partial charge in [-0.1, -0.05) is 13.3 Å². The smallest absolute Gasteiger partial charge is 0.313 e. The van der Waals surface area contributed by atoms with Crippen LogP contribution in [0.1, 0.15) is 39.5 Å². The summed E-state index contributed by atoms with van der Waals surface area (Å²) in [5.41, 5.74) is 0. The van der Waals surface area contributed by atoms with E-state index in [1.54, 1.807) is 6.92 Å². The molecule has 0 bridgehead atoms. The molecule has 1 heterocycles. The lowest BCUT2D eigenvalue weighted by Gasteiger charge is -2.31. The van der Waals surface area contributed by atoms with E-state index >= 15 is 0 Å². The number of carbonyl (C=O) groups excluding carboxylic acids is 2. The molecule has 4 heteroatoms. The number of likely N-dealkylation sites (tertiary alicyclic amines) is 1. The Labute approximate surface area is 103 Å². The molecule has 1 atom stereocenters. The average Bonchev–Trinajstić information content (AvgIpc) is 2.29. The third kappa shape index (κ3) is 5.31. The van der Waals surface area contributed by atoms with Gasteiger partial charge in [0.2, 0.25) is 0 Å². The fourth-order valence-corrected chi connectivity index (χ4v) is 2.31. The predicted octanol–water partition coefficient (Wildman–Crippen LogP) is 1.63. The molecule has 1 aliphatic rings. The van der Waals surface area contributed by atoms with Crippen molar-refractivity contribution in [1.82, 2.24) is 4.90 Å². The summed E-state index contributed by atoms with van der Waals surface area (Å²) in [4.78, 5) is 25.0. The summed E-state index contributed by atoms with van der Waals surface area (Å²) in [6, 6.07) is 0. The van der Waals surface area contributed by atoms with Crippen LogP contribution in [0.4, 0.5) is 0 Å². The van der Waals surface area contributed by atoms with Crippen molar-refractivity contribution in [2.45, 2.75) is 39.5 Å². The van der Waals surface area contributed by atoms with Crippen molar-refractivity contribution in [1.29, 1.82) is 0 Å². The van der Waals surface area contributed by atoms with E-state index in [1.165, 1.54) is 12.8 Å². The number of nitrogens with zero attached hydrogens (tertiary/aromatic N) is 1. The molecule has 0 amide bonds. The molecular weight excluding hydrogens is 218 g/mol. The summed E-state index contributed by atoms with van der Waals surface area (Å²) in [5.74, 6) is 0.279. The maximum Gasteiger partial charge on any atom is 0.313 e. The molecule has 0 aliphatic carbocycles. The van der Waals surface area contributed by atoms with Crippen LogP contribution in [0.2, 0.25) is 0 Å². The standard InChI is InChI=1S/C13H23NO3/c1-3-11-6-5-7-14(9-11)10-12(15)8-13(16)17-4-2/h11H,3-10H2,1-2H3. The van der Waals surface area contributed by atoms with Crippen LogP contribution < -0.4 is 0 Å². The van der Waals surface area contributed by atoms with Gasteiger partial charge in [-0.3, -0.25) is 14.5 Å². The molecule has 4 nitrogen and oxygen atoms in total. The van der Waals surface area contributed by atoms with Gasteiger partial charge in [-0.15, -0.1) is 0 Å². The van der Waals surface area contributed by atoms with E-state index in [4.69, 9.17) is 4.74 Å². The van der Waals surface area contributed by atoms with Crippen LogP contribution in [-0.4, -0.2) is 42.9 Å². The van der Waals surface area contributed by atoms with Crippen molar-refractivity contribution < 1.29 is 14.3 Å². The van der Waals surface area contributed by atoms with Crippen LogP contribution in [-0.2, 0) is 14.3 Å². The number of hydrogen-bond acceptors (Lipinski definition) is 4. The molecular formula is C13H23NO3. The molecule has 1 saturated heterocycles. The SMILES string of the molecule is CCOC(=O)CC(=O)CN1CCCC(CC)C1. The highest BCUT2D eigenvalue weighted by atomic mass is 16.5. The molecule has 0 aromatic heterocycles. The van der Waals surface area contributed by atoms with E-state index in [-0.39, 0.29) is 12.2 Å². The third-order valence-corrected chi connectivity index (χ3v) is 3.23. The highest BCUT2D eigenvalue weighted by Crippen LogP contribution is 2.18. The molecule has 1 unspecified atom stereocenters. The van der Waals surface area contributed by atoms with E-state index in [9.17, 15) is 9.59 Å². The van der Waals surface area contributed by atoms with Crippen LogP contribution in [0.15, 0.2) is 0 Å². The lowest BCUT2D eigenvalue weighted by Crippen LogP contribution is -2.39. The Kier molecular flexibility index (Phi) is 6.19. The second-order valence-electron chi connectivity index (χ2n) is 4.67. The van der Waals surface area contributed by atoms with Gasteiger partial charge in [0.1, 0.15) is 6.42 Å². The Hall–Kier alpha value is -0.900. The van der Waals surface area contributed by atoms with Gasteiger partial charge in [0.25, 0.3) is 0 Å². The van der Waals surface area contributed by atoms with Gasteiger partial charge in [0.05, 0.1) is 13.2 Å². The van der Waals surface area contributed by atoms with Crippen molar-refractivity contribution in [3.05, 3.63) is 0 Å². The van der Waals surface area contributed by atoms with E-state index in [2.05, 4.69) is 11.8 Å². The molecule has 1 aliphatic heterocycles. The topological polar surface area (TPSA) is 46.6 Å². The van der Waals surface area contributed by atoms with Gasteiger partial charge in [-0.2, -0.15) is 0 Å². The summed E-state index contributed by atoms with van der Waals surface area (Å²) in [6.07, 6.45) is 3.51. The molecule has 17 heavy (non-hydrogen) atoms. The first-order chi connectivity index (χ1) is 8.15. The quantitative estimate of drug-likeness (QED) is 0.524. The van der Waals surface area contributed by atoms with Crippen molar-refractivity contribution in [2.24, 2.45) is 5.92 Å². The Morgan fingerprint density at radius 1 is 1.35 bits per heavy atom. The first kappa shape index (κ1) is 14.2. The number of Topliss-reactive ketones (excluding diaryl/α,β-unsaturated/α-hetero) is 1. The number of esters is 1. The normalized spacial score (nSPS) is 21.2. The Morgan fingerprint density at radius 3 is 2.76 bits per heavy atom. The van der Waals surface area contributed by atoms with E-state index in [0.717, 1.165) is 19.5 Å². The number of carbonyl (C=O) groups is 2. The number of rotatable bonds is 6. The first-order valence-corrected chi connectivity index (χ1v) is 6.55. The zero-order valence-corrected chi connectivity index (χ0v) is 10.9. The van der Waals surface area contributed by atoms with Crippen molar-refractivity contribution in [2.75, 3.05) is 26.2 Å². The average molecular weight is 241 g/mol. The Bertz CT molecular complexity index is 265. The maximum atomic E-state index is 11.6. The highest BCUT2D eigenvalue weighted by molar-refractivity contribution is 5.96. The molecule has 0 N–H and O–H groups in total. The summed E-state index contributed by atoms with van der Waals surface area (Å²) in [5, 5.41) is 0. The molecule has 1 fully saturated rings. The number of ketones is 1. The summed E-state index contributed by atoms with van der Waals surface area (Å²) in [6.45, 7) is 6.65. The molecule has 0 spiro atoms. The minimum Gasteiger partial charge on any atom is -0.466 e. The maximum absolute atomic E-state index is 11.6. The highest BCUT2D eigenvalue weighted by Gasteiger charge is 2.21. The van der Waals surface area contributed by atoms with Crippen LogP contribution in [0.5, 0.6) is 0 Å². The monoisotopic (exact) mass is 241 g/mol. The third-order valence-electron chi connectivity index (χ3n) is 3.23. The number of ether oxygens (including phenoxy) is 1. The zero-order chi connectivity index (χ0) is 12.7. The first-order valence-electron chi connectivity index (χ1n) is 6.55. The van der Waals surface area contributed by atoms with Gasteiger partial charge >= 0.3 is 5.97 Å². The van der Waals surface area contributed by atoms with Gasteiger partial charge in [-0.05, 0) is 32.2 Å².